The second kappa shape index (κ2) is 6.30. The summed E-state index contributed by atoms with van der Waals surface area (Å²) in [4.78, 5) is 16.2. The number of carbonyl (C=O) groups excluding carboxylic acids is 1. The first-order chi connectivity index (χ1) is 11.1. The zero-order chi connectivity index (χ0) is 16.2. The maximum Gasteiger partial charge on any atom is 0.269 e. The van der Waals surface area contributed by atoms with Crippen LogP contribution in [0.15, 0.2) is 30.3 Å². The van der Waals surface area contributed by atoms with Gasteiger partial charge < -0.3 is 10.4 Å². The Balaban J connectivity index is 1.61. The number of amides is 1. The number of phenols is 1. The molecule has 0 bridgehead atoms. The fourth-order valence-electron chi connectivity index (χ4n) is 2.15. The molecule has 118 valence electrons. The van der Waals surface area contributed by atoms with Crippen molar-refractivity contribution in [1.82, 2.24) is 30.7 Å². The van der Waals surface area contributed by atoms with E-state index in [0.29, 0.717) is 35.7 Å². The van der Waals surface area contributed by atoms with E-state index in [1.807, 2.05) is 6.92 Å². The third-order valence-corrected chi connectivity index (χ3v) is 3.28. The van der Waals surface area contributed by atoms with Crippen LogP contribution in [0.4, 0.5) is 0 Å². The summed E-state index contributed by atoms with van der Waals surface area (Å²) < 4.78 is 0. The average molecular weight is 312 g/mol. The molecule has 8 heteroatoms. The van der Waals surface area contributed by atoms with Crippen LogP contribution in [0.25, 0.3) is 11.3 Å². The highest BCUT2D eigenvalue weighted by molar-refractivity contribution is 5.93. The van der Waals surface area contributed by atoms with Crippen LogP contribution in [0, 0.1) is 6.92 Å². The maximum atomic E-state index is 12.1. The summed E-state index contributed by atoms with van der Waals surface area (Å²) >= 11 is 0. The molecule has 0 aliphatic rings. The van der Waals surface area contributed by atoms with Crippen molar-refractivity contribution in [1.29, 1.82) is 0 Å². The van der Waals surface area contributed by atoms with Gasteiger partial charge in [-0.2, -0.15) is 10.2 Å². The van der Waals surface area contributed by atoms with Gasteiger partial charge in [-0.3, -0.25) is 15.0 Å². The van der Waals surface area contributed by atoms with E-state index < -0.39 is 0 Å². The van der Waals surface area contributed by atoms with Crippen LogP contribution in [-0.2, 0) is 6.42 Å². The molecule has 3 rings (SSSR count). The van der Waals surface area contributed by atoms with Crippen molar-refractivity contribution in [3.05, 3.63) is 47.7 Å². The number of aromatic hydroxyl groups is 1. The molecule has 4 N–H and O–H groups in total. The van der Waals surface area contributed by atoms with Crippen molar-refractivity contribution in [2.45, 2.75) is 13.3 Å². The minimum Gasteiger partial charge on any atom is -0.507 e. The lowest BCUT2D eigenvalue weighted by atomic mass is 10.1. The number of rotatable bonds is 5. The van der Waals surface area contributed by atoms with Crippen molar-refractivity contribution in [2.24, 2.45) is 0 Å². The van der Waals surface area contributed by atoms with E-state index in [1.165, 1.54) is 0 Å². The van der Waals surface area contributed by atoms with Gasteiger partial charge in [-0.15, -0.1) is 0 Å². The lowest BCUT2D eigenvalue weighted by Crippen LogP contribution is -2.26. The molecule has 0 atom stereocenters. The van der Waals surface area contributed by atoms with Crippen molar-refractivity contribution in [3.63, 3.8) is 0 Å². The van der Waals surface area contributed by atoms with E-state index in [2.05, 4.69) is 30.7 Å². The minimum absolute atomic E-state index is 0.117. The molecule has 0 aliphatic heterocycles. The predicted octanol–water partition coefficient (Wildman–Crippen LogP) is 1.18. The Bertz CT molecular complexity index is 823. The van der Waals surface area contributed by atoms with E-state index >= 15 is 0 Å². The molecule has 0 saturated carbocycles. The molecule has 0 spiro atoms. The largest absolute Gasteiger partial charge is 0.507 e. The number of para-hydroxylation sites is 1. The van der Waals surface area contributed by atoms with Crippen LogP contribution in [0.2, 0.25) is 0 Å². The molecule has 0 saturated heterocycles. The summed E-state index contributed by atoms with van der Waals surface area (Å²) in [6.07, 6.45) is 0.538. The van der Waals surface area contributed by atoms with Gasteiger partial charge in [0, 0.05) is 18.5 Å². The lowest BCUT2D eigenvalue weighted by molar-refractivity contribution is 0.0949. The molecule has 0 unspecified atom stereocenters. The Morgan fingerprint density at radius 3 is 2.83 bits per heavy atom. The van der Waals surface area contributed by atoms with Gasteiger partial charge in [-0.25, -0.2) is 4.98 Å². The summed E-state index contributed by atoms with van der Waals surface area (Å²) in [5.41, 5.74) is 1.41. The average Bonchev–Trinajstić information content (AvgIpc) is 3.17. The summed E-state index contributed by atoms with van der Waals surface area (Å²) in [5.74, 6) is 1.24. The number of carbonyl (C=O) groups is 1. The van der Waals surface area contributed by atoms with E-state index in [4.69, 9.17) is 0 Å². The third-order valence-electron chi connectivity index (χ3n) is 3.28. The summed E-state index contributed by atoms with van der Waals surface area (Å²) in [6, 6.07) is 8.43. The second-order valence-corrected chi connectivity index (χ2v) is 5.03. The normalized spacial score (nSPS) is 10.7. The first-order valence-electron chi connectivity index (χ1n) is 7.13. The molecule has 1 amide bonds. The number of H-pyrrole nitrogens is 2. The second-order valence-electron chi connectivity index (χ2n) is 5.03. The number of nitrogens with one attached hydrogen (secondary N) is 3. The molecule has 3 aromatic rings. The molecular weight excluding hydrogens is 296 g/mol. The van der Waals surface area contributed by atoms with Crippen LogP contribution in [0.3, 0.4) is 0 Å². The van der Waals surface area contributed by atoms with E-state index in [0.717, 1.165) is 5.82 Å². The van der Waals surface area contributed by atoms with Crippen molar-refractivity contribution in [3.8, 4) is 17.0 Å². The standard InChI is InChI=1S/C15H16N6O2/c1-9-17-14(21-18-9)6-7-16-15(23)12-8-11(19-20-12)10-4-2-3-5-13(10)22/h2-5,8,22H,6-7H2,1H3,(H,16,23)(H,19,20)(H,17,18,21). The van der Waals surface area contributed by atoms with Gasteiger partial charge in [-0.05, 0) is 25.1 Å². The fourth-order valence-corrected chi connectivity index (χ4v) is 2.15. The van der Waals surface area contributed by atoms with Crippen LogP contribution in [0.1, 0.15) is 22.1 Å². The van der Waals surface area contributed by atoms with Gasteiger partial charge in [0.1, 0.15) is 17.3 Å². The van der Waals surface area contributed by atoms with Gasteiger partial charge >= 0.3 is 0 Å². The number of benzene rings is 1. The Labute approximate surface area is 132 Å². The smallest absolute Gasteiger partial charge is 0.269 e. The molecule has 0 fully saturated rings. The highest BCUT2D eigenvalue weighted by Gasteiger charge is 2.13. The van der Waals surface area contributed by atoms with Crippen molar-refractivity contribution < 1.29 is 9.90 Å². The maximum absolute atomic E-state index is 12.1. The topological polar surface area (TPSA) is 120 Å². The van der Waals surface area contributed by atoms with Gasteiger partial charge in [0.05, 0.1) is 5.69 Å². The first kappa shape index (κ1) is 14.8. The number of aromatic nitrogens is 5. The Hall–Kier alpha value is -3.16. The Morgan fingerprint density at radius 1 is 1.26 bits per heavy atom. The number of aromatic amines is 2. The fraction of sp³-hybridized carbons (Fsp3) is 0.200. The summed E-state index contributed by atoms with van der Waals surface area (Å²) in [6.45, 7) is 2.24. The SMILES string of the molecule is Cc1nc(CCNC(=O)c2cc(-c3ccccc3O)n[nH]2)n[nH]1. The van der Waals surface area contributed by atoms with Crippen LogP contribution in [0.5, 0.6) is 5.75 Å². The van der Waals surface area contributed by atoms with Crippen LogP contribution >= 0.6 is 0 Å². The Kier molecular flexibility index (Phi) is 4.05. The number of nitrogens with zero attached hydrogens (tertiary/aromatic N) is 3. The quantitative estimate of drug-likeness (QED) is 0.564. The molecule has 0 aliphatic carbocycles. The summed E-state index contributed by atoms with van der Waals surface area (Å²) in [5, 5.41) is 26.1. The van der Waals surface area contributed by atoms with Crippen molar-refractivity contribution in [2.75, 3.05) is 6.54 Å². The van der Waals surface area contributed by atoms with E-state index in [9.17, 15) is 9.90 Å². The molecular formula is C15H16N6O2. The monoisotopic (exact) mass is 312 g/mol. The predicted molar refractivity (Wildman–Crippen MR) is 82.8 cm³/mol. The lowest BCUT2D eigenvalue weighted by Gasteiger charge is -2.00. The first-order valence-corrected chi connectivity index (χ1v) is 7.13. The highest BCUT2D eigenvalue weighted by Crippen LogP contribution is 2.27. The molecule has 8 nitrogen and oxygen atoms in total. The van der Waals surface area contributed by atoms with Crippen LogP contribution in [-0.4, -0.2) is 42.9 Å². The van der Waals surface area contributed by atoms with Gasteiger partial charge in [0.25, 0.3) is 5.91 Å². The zero-order valence-electron chi connectivity index (χ0n) is 12.5. The minimum atomic E-state index is -0.272. The van der Waals surface area contributed by atoms with Crippen molar-refractivity contribution >= 4 is 5.91 Å². The van der Waals surface area contributed by atoms with Gasteiger partial charge in [-0.1, -0.05) is 12.1 Å². The van der Waals surface area contributed by atoms with Gasteiger partial charge in [0.2, 0.25) is 0 Å². The zero-order valence-corrected chi connectivity index (χ0v) is 12.5. The number of hydrogen-bond donors (Lipinski definition) is 4. The molecule has 2 aromatic heterocycles. The molecule has 0 radical (unpaired) electrons. The summed E-state index contributed by atoms with van der Waals surface area (Å²) in [7, 11) is 0. The van der Waals surface area contributed by atoms with Gasteiger partial charge in [0.15, 0.2) is 5.82 Å². The van der Waals surface area contributed by atoms with Crippen LogP contribution < -0.4 is 5.32 Å². The van der Waals surface area contributed by atoms with E-state index in [-0.39, 0.29) is 11.7 Å². The van der Waals surface area contributed by atoms with E-state index in [1.54, 1.807) is 30.3 Å². The highest BCUT2D eigenvalue weighted by atomic mass is 16.3. The number of hydrogen-bond acceptors (Lipinski definition) is 5. The number of aryl methyl sites for hydroxylation is 1. The molecule has 2 heterocycles. The third kappa shape index (κ3) is 3.37. The molecule has 1 aromatic carbocycles. The molecule has 23 heavy (non-hydrogen) atoms. The Morgan fingerprint density at radius 2 is 2.09 bits per heavy atom. The number of phenolic OH excluding ortho intramolecular Hbond substituents is 1.